The molecule has 0 aliphatic heterocycles. The summed E-state index contributed by atoms with van der Waals surface area (Å²) in [6.45, 7) is 7.36. The summed E-state index contributed by atoms with van der Waals surface area (Å²) in [6, 6.07) is 9.76. The van der Waals surface area contributed by atoms with Gasteiger partial charge in [-0.1, -0.05) is 23.7 Å². The molecule has 1 heterocycles. The third kappa shape index (κ3) is 2.49. The molecule has 0 atom stereocenters. The molecule has 2 aromatic rings. The topological polar surface area (TPSA) is 17.3 Å². The van der Waals surface area contributed by atoms with Gasteiger partial charge >= 0.3 is 0 Å². The average Bonchev–Trinajstić information content (AvgIpc) is 2.63. The molecule has 0 saturated heterocycles. The summed E-state index contributed by atoms with van der Waals surface area (Å²) in [5.74, 6) is 0. The Morgan fingerprint density at radius 3 is 2.61 bits per heavy atom. The van der Waals surface area contributed by atoms with Crippen molar-refractivity contribution in [2.24, 2.45) is 4.99 Å². The molecule has 0 aliphatic rings. The summed E-state index contributed by atoms with van der Waals surface area (Å²) in [7, 11) is 0. The van der Waals surface area contributed by atoms with Crippen molar-refractivity contribution >= 4 is 23.5 Å². The lowest BCUT2D eigenvalue weighted by atomic mass is 10.2. The molecule has 1 aromatic carbocycles. The molecule has 3 heteroatoms. The van der Waals surface area contributed by atoms with Gasteiger partial charge in [0.15, 0.2) is 0 Å². The van der Waals surface area contributed by atoms with Crippen LogP contribution in [-0.2, 0) is 6.54 Å². The number of nitrogens with zero attached hydrogens (tertiary/aromatic N) is 2. The van der Waals surface area contributed by atoms with E-state index in [4.69, 9.17) is 11.6 Å². The molecule has 0 aliphatic carbocycles. The van der Waals surface area contributed by atoms with Crippen LogP contribution in [0.15, 0.2) is 35.3 Å². The molecule has 0 unspecified atom stereocenters. The van der Waals surface area contributed by atoms with Crippen molar-refractivity contribution in [2.75, 3.05) is 0 Å². The molecule has 18 heavy (non-hydrogen) atoms. The van der Waals surface area contributed by atoms with Crippen LogP contribution in [0.4, 0.5) is 5.69 Å². The summed E-state index contributed by atoms with van der Waals surface area (Å²) in [6.07, 6.45) is 1.88. The van der Waals surface area contributed by atoms with Crippen molar-refractivity contribution in [1.29, 1.82) is 0 Å². The van der Waals surface area contributed by atoms with Gasteiger partial charge in [-0.05, 0) is 39.0 Å². The van der Waals surface area contributed by atoms with E-state index in [1.165, 1.54) is 11.4 Å². The van der Waals surface area contributed by atoms with E-state index in [0.717, 1.165) is 17.8 Å². The standard InChI is InChI=1S/C15H17ClN2/c1-4-18-11(2)9-13(12(18)3)10-17-15-8-6-5-7-14(15)16/h5-10H,4H2,1-3H3. The van der Waals surface area contributed by atoms with Gasteiger partial charge in [-0.15, -0.1) is 0 Å². The van der Waals surface area contributed by atoms with E-state index in [1.807, 2.05) is 30.5 Å². The molecular weight excluding hydrogens is 244 g/mol. The van der Waals surface area contributed by atoms with Crippen LogP contribution in [0.25, 0.3) is 0 Å². The van der Waals surface area contributed by atoms with Gasteiger partial charge in [0.1, 0.15) is 0 Å². The SMILES string of the molecule is CCn1c(C)cc(C=Nc2ccccc2Cl)c1C. The fraction of sp³-hybridized carbons (Fsp3) is 0.267. The van der Waals surface area contributed by atoms with E-state index in [-0.39, 0.29) is 0 Å². The smallest absolute Gasteiger partial charge is 0.0816 e. The van der Waals surface area contributed by atoms with E-state index in [2.05, 4.69) is 36.4 Å². The predicted molar refractivity (Wildman–Crippen MR) is 78.3 cm³/mol. The first-order chi connectivity index (χ1) is 8.63. The van der Waals surface area contributed by atoms with Gasteiger partial charge in [-0.3, -0.25) is 4.99 Å². The lowest BCUT2D eigenvalue weighted by Gasteiger charge is -2.04. The van der Waals surface area contributed by atoms with E-state index in [9.17, 15) is 0 Å². The Morgan fingerprint density at radius 2 is 2.00 bits per heavy atom. The third-order valence-electron chi connectivity index (χ3n) is 3.12. The lowest BCUT2D eigenvalue weighted by molar-refractivity contribution is 0.718. The van der Waals surface area contributed by atoms with Gasteiger partial charge < -0.3 is 4.57 Å². The Labute approximate surface area is 113 Å². The molecule has 0 amide bonds. The first-order valence-corrected chi connectivity index (χ1v) is 6.46. The van der Waals surface area contributed by atoms with Crippen LogP contribution in [0, 0.1) is 13.8 Å². The van der Waals surface area contributed by atoms with Crippen LogP contribution in [0.1, 0.15) is 23.9 Å². The van der Waals surface area contributed by atoms with Crippen LogP contribution < -0.4 is 0 Å². The number of aryl methyl sites for hydroxylation is 1. The molecule has 2 nitrogen and oxygen atoms in total. The minimum Gasteiger partial charge on any atom is -0.349 e. The van der Waals surface area contributed by atoms with Gasteiger partial charge in [0.2, 0.25) is 0 Å². The van der Waals surface area contributed by atoms with E-state index < -0.39 is 0 Å². The Balaban J connectivity index is 2.33. The molecule has 0 N–H and O–H groups in total. The van der Waals surface area contributed by atoms with Crippen molar-refractivity contribution in [3.8, 4) is 0 Å². The number of aliphatic imine (C=N–C) groups is 1. The Hall–Kier alpha value is -1.54. The van der Waals surface area contributed by atoms with Crippen molar-refractivity contribution in [3.05, 3.63) is 52.3 Å². The maximum Gasteiger partial charge on any atom is 0.0816 e. The van der Waals surface area contributed by atoms with E-state index in [0.29, 0.717) is 5.02 Å². The molecule has 1 aromatic heterocycles. The lowest BCUT2D eigenvalue weighted by Crippen LogP contribution is -1.99. The Morgan fingerprint density at radius 1 is 1.28 bits per heavy atom. The van der Waals surface area contributed by atoms with Crippen molar-refractivity contribution in [1.82, 2.24) is 4.57 Å². The number of hydrogen-bond acceptors (Lipinski definition) is 1. The molecular formula is C15H17ClN2. The molecule has 94 valence electrons. The summed E-state index contributed by atoms with van der Waals surface area (Å²) >= 11 is 6.08. The van der Waals surface area contributed by atoms with Crippen LogP contribution in [0.2, 0.25) is 5.02 Å². The van der Waals surface area contributed by atoms with Crippen LogP contribution >= 0.6 is 11.6 Å². The number of halogens is 1. The third-order valence-corrected chi connectivity index (χ3v) is 3.44. The normalized spacial score (nSPS) is 11.3. The quantitative estimate of drug-likeness (QED) is 0.722. The van der Waals surface area contributed by atoms with Gasteiger partial charge in [0.25, 0.3) is 0 Å². The van der Waals surface area contributed by atoms with Crippen LogP contribution in [0.5, 0.6) is 0 Å². The summed E-state index contributed by atoms with van der Waals surface area (Å²) in [4.78, 5) is 4.46. The van der Waals surface area contributed by atoms with Crippen LogP contribution in [0.3, 0.4) is 0 Å². The highest BCUT2D eigenvalue weighted by Crippen LogP contribution is 2.24. The summed E-state index contributed by atoms with van der Waals surface area (Å²) < 4.78 is 2.27. The maximum atomic E-state index is 6.08. The van der Waals surface area contributed by atoms with Gasteiger partial charge in [-0.25, -0.2) is 0 Å². The zero-order chi connectivity index (χ0) is 13.1. The molecule has 0 saturated carbocycles. The largest absolute Gasteiger partial charge is 0.349 e. The minimum absolute atomic E-state index is 0.679. The monoisotopic (exact) mass is 260 g/mol. The summed E-state index contributed by atoms with van der Waals surface area (Å²) in [5.41, 5.74) is 4.45. The van der Waals surface area contributed by atoms with Crippen molar-refractivity contribution in [3.63, 3.8) is 0 Å². The van der Waals surface area contributed by atoms with Gasteiger partial charge in [0, 0.05) is 29.7 Å². The highest BCUT2D eigenvalue weighted by atomic mass is 35.5. The van der Waals surface area contributed by atoms with Crippen LogP contribution in [-0.4, -0.2) is 10.8 Å². The Kier molecular flexibility index (Phi) is 3.87. The number of rotatable bonds is 3. The zero-order valence-electron chi connectivity index (χ0n) is 10.9. The molecule has 0 bridgehead atoms. The second kappa shape index (κ2) is 5.40. The van der Waals surface area contributed by atoms with Crippen molar-refractivity contribution < 1.29 is 0 Å². The second-order valence-electron chi connectivity index (χ2n) is 4.28. The van der Waals surface area contributed by atoms with Gasteiger partial charge in [-0.2, -0.15) is 0 Å². The Bertz CT molecular complexity index is 582. The first-order valence-electron chi connectivity index (χ1n) is 6.08. The molecule has 2 rings (SSSR count). The maximum absolute atomic E-state index is 6.08. The fourth-order valence-electron chi connectivity index (χ4n) is 2.14. The first kappa shape index (κ1) is 12.9. The zero-order valence-corrected chi connectivity index (χ0v) is 11.7. The van der Waals surface area contributed by atoms with Crippen molar-refractivity contribution in [2.45, 2.75) is 27.3 Å². The predicted octanol–water partition coefficient (Wildman–Crippen LogP) is 4.53. The molecule has 0 radical (unpaired) electrons. The van der Waals surface area contributed by atoms with E-state index >= 15 is 0 Å². The average molecular weight is 261 g/mol. The minimum atomic E-state index is 0.679. The molecule has 0 spiro atoms. The molecule has 0 fully saturated rings. The number of aromatic nitrogens is 1. The van der Waals surface area contributed by atoms with E-state index in [1.54, 1.807) is 0 Å². The number of para-hydroxylation sites is 1. The highest BCUT2D eigenvalue weighted by molar-refractivity contribution is 6.33. The highest BCUT2D eigenvalue weighted by Gasteiger charge is 2.05. The van der Waals surface area contributed by atoms with Gasteiger partial charge in [0.05, 0.1) is 10.7 Å². The second-order valence-corrected chi connectivity index (χ2v) is 4.69. The number of hydrogen-bond donors (Lipinski definition) is 0. The fourth-order valence-corrected chi connectivity index (χ4v) is 2.33. The summed E-state index contributed by atoms with van der Waals surface area (Å²) in [5, 5.41) is 0.679. The number of benzene rings is 1.